The number of amides is 1. The Morgan fingerprint density at radius 1 is 1.28 bits per heavy atom. The van der Waals surface area contributed by atoms with Gasteiger partial charge in [-0.15, -0.1) is 0 Å². The van der Waals surface area contributed by atoms with Crippen LogP contribution < -0.4 is 5.32 Å². The smallest absolute Gasteiger partial charge is 0.277 e. The van der Waals surface area contributed by atoms with Crippen molar-refractivity contribution in [2.24, 2.45) is 0 Å². The highest BCUT2D eigenvalue weighted by Crippen LogP contribution is 2.17. The number of aromatic amines is 1. The first-order chi connectivity index (χ1) is 8.47. The number of rotatable bonds is 3. The minimum atomic E-state index is -3.76. The fourth-order valence-electron chi connectivity index (χ4n) is 1.21. The molecule has 0 aliphatic heterocycles. The topological polar surface area (TPSA) is 105 Å². The Balaban J connectivity index is 2.14. The molecule has 2 aromatic rings. The van der Waals surface area contributed by atoms with E-state index in [0.29, 0.717) is 5.69 Å². The highest BCUT2D eigenvalue weighted by Gasteiger charge is 2.11. The number of halogens is 1. The zero-order valence-electron chi connectivity index (χ0n) is 8.79. The first kappa shape index (κ1) is 12.5. The molecule has 0 bridgehead atoms. The molecule has 0 saturated carbocycles. The molecule has 1 aromatic carbocycles. The maximum Gasteiger partial charge on any atom is 0.277 e. The van der Waals surface area contributed by atoms with Crippen molar-refractivity contribution < 1.29 is 13.2 Å². The van der Waals surface area contributed by atoms with Gasteiger partial charge in [-0.1, -0.05) is 0 Å². The molecule has 0 spiro atoms. The van der Waals surface area contributed by atoms with Gasteiger partial charge in [0, 0.05) is 16.4 Å². The van der Waals surface area contributed by atoms with Crippen molar-refractivity contribution in [1.82, 2.24) is 15.4 Å². The lowest BCUT2D eigenvalue weighted by atomic mass is 10.3. The summed E-state index contributed by atoms with van der Waals surface area (Å²) in [6, 6.07) is 5.43. The SMILES string of the molecule is O=C(Nc1ccc(S(=O)(=O)Cl)cc1)c1cn[nH]n1. The Hall–Kier alpha value is -1.93. The average molecular weight is 287 g/mol. The lowest BCUT2D eigenvalue weighted by molar-refractivity contribution is 0.102. The average Bonchev–Trinajstić information content (AvgIpc) is 2.82. The van der Waals surface area contributed by atoms with Crippen LogP contribution in [0.15, 0.2) is 35.4 Å². The third kappa shape index (κ3) is 2.84. The minimum absolute atomic E-state index is 0.0383. The lowest BCUT2D eigenvalue weighted by Crippen LogP contribution is -2.12. The Bertz CT molecular complexity index is 652. The van der Waals surface area contributed by atoms with Gasteiger partial charge in [0.2, 0.25) is 0 Å². The van der Waals surface area contributed by atoms with E-state index in [9.17, 15) is 13.2 Å². The molecule has 1 amide bonds. The first-order valence-electron chi connectivity index (χ1n) is 4.68. The molecule has 0 radical (unpaired) electrons. The Labute approximate surface area is 107 Å². The number of nitrogens with one attached hydrogen (secondary N) is 2. The van der Waals surface area contributed by atoms with Gasteiger partial charge in [0.25, 0.3) is 15.0 Å². The number of aromatic nitrogens is 3. The Kier molecular flexibility index (Phi) is 3.30. The summed E-state index contributed by atoms with van der Waals surface area (Å²) in [6.07, 6.45) is 1.27. The molecule has 1 aromatic heterocycles. The highest BCUT2D eigenvalue weighted by atomic mass is 35.7. The molecule has 0 aliphatic carbocycles. The fraction of sp³-hybridized carbons (Fsp3) is 0. The summed E-state index contributed by atoms with van der Waals surface area (Å²) < 4.78 is 22.0. The van der Waals surface area contributed by atoms with Crippen LogP contribution >= 0.6 is 10.7 Å². The van der Waals surface area contributed by atoms with Crippen molar-refractivity contribution in [1.29, 1.82) is 0 Å². The molecule has 9 heteroatoms. The van der Waals surface area contributed by atoms with Crippen LogP contribution in [0.5, 0.6) is 0 Å². The number of carbonyl (C=O) groups excluding carboxylic acids is 1. The Morgan fingerprint density at radius 3 is 2.44 bits per heavy atom. The minimum Gasteiger partial charge on any atom is -0.321 e. The summed E-state index contributed by atoms with van der Waals surface area (Å²) in [5.41, 5.74) is 0.552. The molecule has 0 atom stereocenters. The second-order valence-corrected chi connectivity index (χ2v) is 5.84. The molecule has 0 unspecified atom stereocenters. The highest BCUT2D eigenvalue weighted by molar-refractivity contribution is 8.13. The number of hydrogen-bond acceptors (Lipinski definition) is 5. The molecule has 2 N–H and O–H groups in total. The normalized spacial score (nSPS) is 11.2. The summed E-state index contributed by atoms with van der Waals surface area (Å²) in [6.45, 7) is 0. The standard InChI is InChI=1S/C9H7ClN4O3S/c10-18(16,17)7-3-1-6(2-4-7)12-9(15)8-5-11-14-13-8/h1-5H,(H,12,15)(H,11,13,14). The Morgan fingerprint density at radius 2 is 1.94 bits per heavy atom. The summed E-state index contributed by atoms with van der Waals surface area (Å²) in [4.78, 5) is 11.5. The molecule has 1 heterocycles. The number of hydrogen-bond donors (Lipinski definition) is 2. The van der Waals surface area contributed by atoms with Gasteiger partial charge in [0.15, 0.2) is 5.69 Å². The quantitative estimate of drug-likeness (QED) is 0.819. The van der Waals surface area contributed by atoms with Crippen LogP contribution in [0.4, 0.5) is 5.69 Å². The predicted octanol–water partition coefficient (Wildman–Crippen LogP) is 0.984. The van der Waals surface area contributed by atoms with Gasteiger partial charge in [-0.3, -0.25) is 4.79 Å². The van der Waals surface area contributed by atoms with Crippen molar-refractivity contribution >= 4 is 31.3 Å². The van der Waals surface area contributed by atoms with Crippen molar-refractivity contribution in [2.75, 3.05) is 5.32 Å². The lowest BCUT2D eigenvalue weighted by Gasteiger charge is -2.03. The number of H-pyrrole nitrogens is 1. The van der Waals surface area contributed by atoms with Gasteiger partial charge in [0.05, 0.1) is 11.1 Å². The van der Waals surface area contributed by atoms with E-state index in [1.165, 1.54) is 30.5 Å². The van der Waals surface area contributed by atoms with Crippen LogP contribution in [0, 0.1) is 0 Å². The number of nitrogens with zero attached hydrogens (tertiary/aromatic N) is 2. The molecule has 18 heavy (non-hydrogen) atoms. The van der Waals surface area contributed by atoms with Crippen molar-refractivity contribution in [2.45, 2.75) is 4.90 Å². The molecule has 0 saturated heterocycles. The van der Waals surface area contributed by atoms with E-state index in [1.54, 1.807) is 0 Å². The van der Waals surface area contributed by atoms with Crippen LogP contribution in [0.1, 0.15) is 10.5 Å². The van der Waals surface area contributed by atoms with E-state index in [1.807, 2.05) is 0 Å². The van der Waals surface area contributed by atoms with E-state index in [2.05, 4.69) is 20.7 Å². The van der Waals surface area contributed by atoms with Crippen LogP contribution in [0.3, 0.4) is 0 Å². The monoisotopic (exact) mass is 286 g/mol. The predicted molar refractivity (Wildman–Crippen MR) is 63.8 cm³/mol. The van der Waals surface area contributed by atoms with Gasteiger partial charge >= 0.3 is 0 Å². The van der Waals surface area contributed by atoms with Gasteiger partial charge in [-0.2, -0.15) is 15.4 Å². The second-order valence-electron chi connectivity index (χ2n) is 3.27. The maximum absolute atomic E-state index is 11.6. The van der Waals surface area contributed by atoms with Gasteiger partial charge in [0.1, 0.15) is 0 Å². The molecule has 2 rings (SSSR count). The van der Waals surface area contributed by atoms with Crippen LogP contribution in [0.25, 0.3) is 0 Å². The van der Waals surface area contributed by atoms with E-state index < -0.39 is 15.0 Å². The fourth-order valence-corrected chi connectivity index (χ4v) is 1.98. The molecular weight excluding hydrogens is 280 g/mol. The summed E-state index contributed by atoms with van der Waals surface area (Å²) >= 11 is 0. The van der Waals surface area contributed by atoms with Gasteiger partial charge in [-0.05, 0) is 24.3 Å². The zero-order valence-corrected chi connectivity index (χ0v) is 10.4. The van der Waals surface area contributed by atoms with Crippen LogP contribution in [-0.2, 0) is 9.05 Å². The van der Waals surface area contributed by atoms with Crippen molar-refractivity contribution in [3.63, 3.8) is 0 Å². The second kappa shape index (κ2) is 4.75. The van der Waals surface area contributed by atoms with E-state index in [4.69, 9.17) is 10.7 Å². The number of anilines is 1. The van der Waals surface area contributed by atoms with E-state index in [-0.39, 0.29) is 10.6 Å². The number of benzene rings is 1. The summed E-state index contributed by atoms with van der Waals surface area (Å²) in [5, 5.41) is 11.9. The summed E-state index contributed by atoms with van der Waals surface area (Å²) in [7, 11) is 1.40. The number of carbonyl (C=O) groups is 1. The third-order valence-electron chi connectivity index (χ3n) is 2.04. The molecule has 0 aliphatic rings. The first-order valence-corrected chi connectivity index (χ1v) is 6.99. The van der Waals surface area contributed by atoms with Crippen molar-refractivity contribution in [3.05, 3.63) is 36.2 Å². The molecule has 0 fully saturated rings. The summed E-state index contributed by atoms with van der Waals surface area (Å²) in [5.74, 6) is -0.453. The zero-order chi connectivity index (χ0) is 13.2. The van der Waals surface area contributed by atoms with Crippen LogP contribution in [-0.4, -0.2) is 29.7 Å². The van der Waals surface area contributed by atoms with E-state index in [0.717, 1.165) is 0 Å². The van der Waals surface area contributed by atoms with Crippen molar-refractivity contribution in [3.8, 4) is 0 Å². The van der Waals surface area contributed by atoms with E-state index >= 15 is 0 Å². The van der Waals surface area contributed by atoms with Gasteiger partial charge < -0.3 is 5.32 Å². The van der Waals surface area contributed by atoms with Gasteiger partial charge in [-0.25, -0.2) is 8.42 Å². The molecule has 94 valence electrons. The third-order valence-corrected chi connectivity index (χ3v) is 3.41. The molecule has 7 nitrogen and oxygen atoms in total. The molecular formula is C9H7ClN4O3S. The maximum atomic E-state index is 11.6. The van der Waals surface area contributed by atoms with Crippen LogP contribution in [0.2, 0.25) is 0 Å². The largest absolute Gasteiger partial charge is 0.321 e.